The molecule has 0 heterocycles. The van der Waals surface area contributed by atoms with E-state index in [2.05, 4.69) is 0 Å². The number of hydrogen-bond donors (Lipinski definition) is 1. The predicted molar refractivity (Wildman–Crippen MR) is 47.7 cm³/mol. The molecule has 0 saturated carbocycles. The van der Waals surface area contributed by atoms with Crippen molar-refractivity contribution in [2.75, 3.05) is 0 Å². The number of benzene rings is 1. The molecule has 0 atom stereocenters. The molecule has 0 bridgehead atoms. The highest BCUT2D eigenvalue weighted by atomic mass is 19.1. The van der Waals surface area contributed by atoms with Crippen LogP contribution in [0.1, 0.15) is 12.5 Å². The van der Waals surface area contributed by atoms with Crippen LogP contribution in [0.15, 0.2) is 29.8 Å². The molecule has 3 heteroatoms. The van der Waals surface area contributed by atoms with Gasteiger partial charge in [-0.1, -0.05) is 12.1 Å². The Labute approximate surface area is 75.3 Å². The van der Waals surface area contributed by atoms with Crippen molar-refractivity contribution in [2.24, 2.45) is 0 Å². The third kappa shape index (κ3) is 2.71. The molecule has 0 amide bonds. The van der Waals surface area contributed by atoms with Gasteiger partial charge in [-0.25, -0.2) is 9.18 Å². The Morgan fingerprint density at radius 1 is 1.38 bits per heavy atom. The lowest BCUT2D eigenvalue weighted by molar-refractivity contribution is -0.132. The maximum absolute atomic E-state index is 12.4. The maximum atomic E-state index is 12.4. The van der Waals surface area contributed by atoms with E-state index < -0.39 is 5.97 Å². The minimum Gasteiger partial charge on any atom is -0.478 e. The van der Waals surface area contributed by atoms with Gasteiger partial charge >= 0.3 is 5.97 Å². The van der Waals surface area contributed by atoms with Crippen molar-refractivity contribution >= 4 is 12.0 Å². The largest absolute Gasteiger partial charge is 0.478 e. The van der Waals surface area contributed by atoms with Crippen LogP contribution in [-0.2, 0) is 4.79 Å². The van der Waals surface area contributed by atoms with Crippen molar-refractivity contribution in [2.45, 2.75) is 6.92 Å². The summed E-state index contributed by atoms with van der Waals surface area (Å²) < 4.78 is 12.4. The minimum absolute atomic E-state index is 0.228. The van der Waals surface area contributed by atoms with Crippen molar-refractivity contribution in [3.8, 4) is 0 Å². The smallest absolute Gasteiger partial charge is 0.331 e. The fourth-order valence-corrected chi connectivity index (χ4v) is 0.871. The molecule has 68 valence electrons. The molecular formula is C10H9FO2. The van der Waals surface area contributed by atoms with Gasteiger partial charge in [0.15, 0.2) is 0 Å². The molecule has 1 aromatic carbocycles. The van der Waals surface area contributed by atoms with Gasteiger partial charge in [0, 0.05) is 5.57 Å². The Hall–Kier alpha value is -1.64. The van der Waals surface area contributed by atoms with Crippen molar-refractivity contribution in [1.29, 1.82) is 0 Å². The lowest BCUT2D eigenvalue weighted by Crippen LogP contribution is -1.95. The Kier molecular flexibility index (Phi) is 2.80. The maximum Gasteiger partial charge on any atom is 0.331 e. The van der Waals surface area contributed by atoms with E-state index >= 15 is 0 Å². The summed E-state index contributed by atoms with van der Waals surface area (Å²) in [6.45, 7) is 1.49. The molecule has 0 spiro atoms. The summed E-state index contributed by atoms with van der Waals surface area (Å²) in [5, 5.41) is 8.56. The van der Waals surface area contributed by atoms with Gasteiger partial charge in [-0.15, -0.1) is 0 Å². The van der Waals surface area contributed by atoms with Crippen LogP contribution in [0.5, 0.6) is 0 Å². The normalized spacial score (nSPS) is 11.4. The molecule has 2 nitrogen and oxygen atoms in total. The van der Waals surface area contributed by atoms with Crippen LogP contribution in [-0.4, -0.2) is 11.1 Å². The van der Waals surface area contributed by atoms with Crippen LogP contribution >= 0.6 is 0 Å². The van der Waals surface area contributed by atoms with Gasteiger partial charge in [0.25, 0.3) is 0 Å². The van der Waals surface area contributed by atoms with E-state index in [9.17, 15) is 9.18 Å². The molecule has 0 unspecified atom stereocenters. The van der Waals surface area contributed by atoms with Crippen LogP contribution in [0, 0.1) is 5.82 Å². The molecule has 1 N–H and O–H groups in total. The fraction of sp³-hybridized carbons (Fsp3) is 0.100. The Morgan fingerprint density at radius 2 is 1.92 bits per heavy atom. The fourth-order valence-electron chi connectivity index (χ4n) is 0.871. The Balaban J connectivity index is 2.92. The zero-order valence-corrected chi connectivity index (χ0v) is 7.12. The molecular weight excluding hydrogens is 171 g/mol. The lowest BCUT2D eigenvalue weighted by atomic mass is 10.1. The van der Waals surface area contributed by atoms with E-state index in [-0.39, 0.29) is 11.4 Å². The summed E-state index contributed by atoms with van der Waals surface area (Å²) >= 11 is 0. The van der Waals surface area contributed by atoms with Gasteiger partial charge < -0.3 is 5.11 Å². The number of halogens is 1. The summed E-state index contributed by atoms with van der Waals surface area (Å²) in [4.78, 5) is 10.4. The highest BCUT2D eigenvalue weighted by molar-refractivity contribution is 5.91. The highest BCUT2D eigenvalue weighted by Gasteiger charge is 1.99. The summed E-state index contributed by atoms with van der Waals surface area (Å²) in [5.41, 5.74) is 0.910. The summed E-state index contributed by atoms with van der Waals surface area (Å²) in [6, 6.07) is 5.64. The van der Waals surface area contributed by atoms with E-state index in [1.165, 1.54) is 37.3 Å². The van der Waals surface area contributed by atoms with E-state index in [0.717, 1.165) is 0 Å². The van der Waals surface area contributed by atoms with Gasteiger partial charge in [-0.05, 0) is 30.7 Å². The van der Waals surface area contributed by atoms with E-state index in [4.69, 9.17) is 5.11 Å². The van der Waals surface area contributed by atoms with Gasteiger partial charge in [0.2, 0.25) is 0 Å². The van der Waals surface area contributed by atoms with Crippen molar-refractivity contribution in [1.82, 2.24) is 0 Å². The summed E-state index contributed by atoms with van der Waals surface area (Å²) in [7, 11) is 0. The molecule has 1 rings (SSSR count). The molecule has 0 radical (unpaired) electrons. The first-order chi connectivity index (χ1) is 6.09. The van der Waals surface area contributed by atoms with E-state index in [0.29, 0.717) is 5.56 Å². The number of rotatable bonds is 2. The topological polar surface area (TPSA) is 37.3 Å². The first kappa shape index (κ1) is 9.45. The number of hydrogen-bond acceptors (Lipinski definition) is 1. The van der Waals surface area contributed by atoms with Crippen LogP contribution in [0.25, 0.3) is 6.08 Å². The molecule has 0 fully saturated rings. The van der Waals surface area contributed by atoms with Gasteiger partial charge in [0.05, 0.1) is 0 Å². The van der Waals surface area contributed by atoms with Crippen molar-refractivity contribution in [3.05, 3.63) is 41.2 Å². The average molecular weight is 180 g/mol. The molecule has 1 aromatic rings. The van der Waals surface area contributed by atoms with Crippen LogP contribution in [0.3, 0.4) is 0 Å². The first-order valence-electron chi connectivity index (χ1n) is 3.77. The quantitative estimate of drug-likeness (QED) is 0.709. The zero-order valence-electron chi connectivity index (χ0n) is 7.12. The third-order valence-corrected chi connectivity index (χ3v) is 1.59. The van der Waals surface area contributed by atoms with Crippen LogP contribution in [0.4, 0.5) is 4.39 Å². The number of aliphatic carboxylic acids is 1. The minimum atomic E-state index is -0.968. The predicted octanol–water partition coefficient (Wildman–Crippen LogP) is 2.31. The monoisotopic (exact) mass is 180 g/mol. The molecule has 0 saturated heterocycles. The standard InChI is InChI=1S/C10H9FO2/c1-7(10(12)13)6-8-2-4-9(11)5-3-8/h2-6H,1H3,(H,12,13)/b7-6-. The van der Waals surface area contributed by atoms with Gasteiger partial charge in [-0.3, -0.25) is 0 Å². The molecule has 0 aliphatic rings. The Morgan fingerprint density at radius 3 is 2.38 bits per heavy atom. The zero-order chi connectivity index (χ0) is 9.84. The van der Waals surface area contributed by atoms with E-state index in [1.807, 2.05) is 0 Å². The van der Waals surface area contributed by atoms with Crippen LogP contribution < -0.4 is 0 Å². The second kappa shape index (κ2) is 3.85. The summed E-state index contributed by atoms with van der Waals surface area (Å²) in [5.74, 6) is -1.30. The van der Waals surface area contributed by atoms with Crippen LogP contribution in [0.2, 0.25) is 0 Å². The number of carboxylic acids is 1. The average Bonchev–Trinajstić information content (AvgIpc) is 2.08. The van der Waals surface area contributed by atoms with Gasteiger partial charge in [-0.2, -0.15) is 0 Å². The van der Waals surface area contributed by atoms with Crippen molar-refractivity contribution in [3.63, 3.8) is 0 Å². The molecule has 0 aromatic heterocycles. The summed E-state index contributed by atoms with van der Waals surface area (Å²) in [6.07, 6.45) is 1.49. The highest BCUT2D eigenvalue weighted by Crippen LogP contribution is 2.07. The van der Waals surface area contributed by atoms with E-state index in [1.54, 1.807) is 0 Å². The number of carboxylic acid groups (broad SMARTS) is 1. The Bertz CT molecular complexity index is 338. The van der Waals surface area contributed by atoms with Crippen molar-refractivity contribution < 1.29 is 14.3 Å². The SMILES string of the molecule is C/C(=C/c1ccc(F)cc1)C(=O)O. The second-order valence-corrected chi connectivity index (χ2v) is 2.68. The first-order valence-corrected chi connectivity index (χ1v) is 3.77. The third-order valence-electron chi connectivity index (χ3n) is 1.59. The molecule has 13 heavy (non-hydrogen) atoms. The number of carbonyl (C=O) groups is 1. The van der Waals surface area contributed by atoms with Gasteiger partial charge in [0.1, 0.15) is 5.82 Å². The molecule has 0 aliphatic carbocycles. The second-order valence-electron chi connectivity index (χ2n) is 2.68. The molecule has 0 aliphatic heterocycles. The lowest BCUT2D eigenvalue weighted by Gasteiger charge is -1.94.